The molecule has 10 nitrogen and oxygen atoms in total. The Labute approximate surface area is 95.1 Å². The normalized spacial score (nSPS) is 10.8. The molecule has 0 bridgehead atoms. The third-order valence-corrected chi connectivity index (χ3v) is 1.80. The van der Waals surface area contributed by atoms with E-state index in [-0.39, 0.29) is 29.6 Å². The van der Waals surface area contributed by atoms with E-state index in [1.54, 1.807) is 0 Å². The van der Waals surface area contributed by atoms with E-state index < -0.39 is 20.8 Å². The van der Waals surface area contributed by atoms with Gasteiger partial charge < -0.3 is 0 Å². The molecule has 0 aliphatic carbocycles. The Balaban J connectivity index is -0.000000309. The van der Waals surface area contributed by atoms with Gasteiger partial charge in [0.25, 0.3) is 0 Å². The van der Waals surface area contributed by atoms with Crippen molar-refractivity contribution in [2.24, 2.45) is 0 Å². The van der Waals surface area contributed by atoms with E-state index in [1.165, 1.54) is 0 Å². The molecule has 0 aromatic heterocycles. The van der Waals surface area contributed by atoms with E-state index in [9.17, 15) is 16.8 Å². The molecule has 0 saturated carbocycles. The summed E-state index contributed by atoms with van der Waals surface area (Å²) in [4.78, 5) is 0. The van der Waals surface area contributed by atoms with E-state index in [4.69, 9.17) is 20.3 Å². The quantitative estimate of drug-likeness (QED) is 0.189. The summed E-state index contributed by atoms with van der Waals surface area (Å²) in [6.45, 7) is 0. The van der Waals surface area contributed by atoms with Gasteiger partial charge in [-0.3, -0.25) is 15.1 Å². The van der Waals surface area contributed by atoms with Gasteiger partial charge in [-0.2, -0.15) is 16.8 Å². The standard InChI is InChI=1S/Na.H2O8S2.H2O2.H/c;1-7-10(5,6)8-9(2,3)4;1-2;/h;1H,(H,2,3,4);1-2H;. The average Bonchev–Trinajstić information content (AvgIpc) is 1.88. The van der Waals surface area contributed by atoms with Crippen LogP contribution < -0.4 is 0 Å². The van der Waals surface area contributed by atoms with E-state index in [0.717, 1.165) is 0 Å². The zero-order chi connectivity index (χ0) is 10.4. The fourth-order valence-corrected chi connectivity index (χ4v) is 1.06. The van der Waals surface area contributed by atoms with Crippen LogP contribution in [0.25, 0.3) is 0 Å². The van der Waals surface area contributed by atoms with Crippen LogP contribution in [0.4, 0.5) is 0 Å². The molecule has 0 aromatic rings. The predicted octanol–water partition coefficient (Wildman–Crippen LogP) is -2.09. The molecule has 0 atom stereocenters. The van der Waals surface area contributed by atoms with Crippen LogP contribution in [-0.2, 0) is 28.8 Å². The molecule has 0 radical (unpaired) electrons. The number of hydrogen-bond donors (Lipinski definition) is 4. The van der Waals surface area contributed by atoms with Crippen LogP contribution in [0.1, 0.15) is 0 Å². The van der Waals surface area contributed by atoms with Gasteiger partial charge in [0.15, 0.2) is 0 Å². The van der Waals surface area contributed by atoms with Gasteiger partial charge in [0, 0.05) is 0 Å². The van der Waals surface area contributed by atoms with Gasteiger partial charge in [0.05, 0.1) is 0 Å². The summed E-state index contributed by atoms with van der Waals surface area (Å²) in [5.41, 5.74) is 0. The molecular weight excluding hydrogens is 247 g/mol. The Kier molecular flexibility index (Phi) is 11.9. The average molecular weight is 252 g/mol. The van der Waals surface area contributed by atoms with Crippen LogP contribution in [-0.4, -0.2) is 66.7 Å². The SMILES string of the molecule is O=S(=O)(O)OS(=O)(=O)OO.OO.[NaH]. The van der Waals surface area contributed by atoms with Gasteiger partial charge in [-0.1, -0.05) is 7.96 Å². The van der Waals surface area contributed by atoms with Crippen LogP contribution in [0.15, 0.2) is 0 Å². The topological polar surface area (TPSA) is 168 Å². The van der Waals surface area contributed by atoms with Crippen LogP contribution in [0.3, 0.4) is 0 Å². The zero-order valence-electron chi connectivity index (χ0n) is 5.05. The zero-order valence-corrected chi connectivity index (χ0v) is 6.69. The van der Waals surface area contributed by atoms with Gasteiger partial charge in [0.2, 0.25) is 0 Å². The molecule has 13 heavy (non-hydrogen) atoms. The molecule has 0 heterocycles. The first-order valence-corrected chi connectivity index (χ1v) is 4.43. The van der Waals surface area contributed by atoms with Crippen molar-refractivity contribution in [3.05, 3.63) is 0 Å². The molecule has 0 spiro atoms. The van der Waals surface area contributed by atoms with Crippen LogP contribution in [0.2, 0.25) is 0 Å². The molecule has 0 aliphatic heterocycles. The fraction of sp³-hybridized carbons (Fsp3) is 0. The maximum absolute atomic E-state index is 9.78. The fourth-order valence-electron chi connectivity index (χ4n) is 0.118. The van der Waals surface area contributed by atoms with Gasteiger partial charge in [0.1, 0.15) is 0 Å². The molecule has 0 rings (SSSR count). The number of hydrogen-bond acceptors (Lipinski definition) is 9. The first-order chi connectivity index (χ1) is 5.27. The Morgan fingerprint density at radius 1 is 1.00 bits per heavy atom. The van der Waals surface area contributed by atoms with Crippen LogP contribution in [0, 0.1) is 0 Å². The summed E-state index contributed by atoms with van der Waals surface area (Å²) in [6, 6.07) is 0. The molecule has 0 aromatic carbocycles. The van der Waals surface area contributed by atoms with Gasteiger partial charge in [-0.05, 0) is 0 Å². The minimum atomic E-state index is -5.17. The minimum absolute atomic E-state index is 0. The van der Waals surface area contributed by atoms with Crippen molar-refractivity contribution >= 4 is 50.4 Å². The van der Waals surface area contributed by atoms with Crippen molar-refractivity contribution in [2.75, 3.05) is 0 Å². The third kappa shape index (κ3) is 15.4. The predicted molar refractivity (Wildman–Crippen MR) is 37.7 cm³/mol. The van der Waals surface area contributed by atoms with E-state index >= 15 is 0 Å². The van der Waals surface area contributed by atoms with E-state index in [2.05, 4.69) is 7.96 Å². The van der Waals surface area contributed by atoms with Crippen molar-refractivity contribution in [1.29, 1.82) is 0 Å². The Bertz CT molecular complexity index is 281. The second kappa shape index (κ2) is 8.01. The summed E-state index contributed by atoms with van der Waals surface area (Å²) in [7, 11) is -10.2. The Morgan fingerprint density at radius 2 is 1.31 bits per heavy atom. The van der Waals surface area contributed by atoms with Gasteiger partial charge in [-0.25, -0.2) is 5.26 Å². The molecular formula is H5NaO10S2. The van der Waals surface area contributed by atoms with Crippen molar-refractivity contribution in [1.82, 2.24) is 0 Å². The molecule has 78 valence electrons. The second-order valence-electron chi connectivity index (χ2n) is 0.979. The molecule has 13 heteroatoms. The monoisotopic (exact) mass is 252 g/mol. The molecule has 4 N–H and O–H groups in total. The maximum atomic E-state index is 9.78. The molecule has 0 unspecified atom stereocenters. The van der Waals surface area contributed by atoms with Crippen molar-refractivity contribution in [3.8, 4) is 0 Å². The summed E-state index contributed by atoms with van der Waals surface area (Å²) in [6.07, 6.45) is 0. The molecule has 0 amide bonds. The van der Waals surface area contributed by atoms with E-state index in [1.807, 2.05) is 0 Å². The Morgan fingerprint density at radius 3 is 1.38 bits per heavy atom. The van der Waals surface area contributed by atoms with Crippen molar-refractivity contribution < 1.29 is 45.1 Å². The molecule has 0 fully saturated rings. The van der Waals surface area contributed by atoms with Gasteiger partial charge in [-0.15, -0.1) is 0 Å². The first kappa shape index (κ1) is 19.3. The van der Waals surface area contributed by atoms with Gasteiger partial charge >= 0.3 is 50.4 Å². The third-order valence-electron chi connectivity index (χ3n) is 0.261. The summed E-state index contributed by atoms with van der Waals surface area (Å²) in [5.74, 6) is 0. The molecule has 0 aliphatic rings. The summed E-state index contributed by atoms with van der Waals surface area (Å²) < 4.78 is 51.7. The van der Waals surface area contributed by atoms with Crippen molar-refractivity contribution in [2.45, 2.75) is 0 Å². The first-order valence-electron chi connectivity index (χ1n) is 1.73. The van der Waals surface area contributed by atoms with E-state index in [0.29, 0.717) is 0 Å². The molecule has 0 saturated heterocycles. The van der Waals surface area contributed by atoms with Crippen LogP contribution >= 0.6 is 0 Å². The summed E-state index contributed by atoms with van der Waals surface area (Å²) >= 11 is 0. The van der Waals surface area contributed by atoms with Crippen molar-refractivity contribution in [3.63, 3.8) is 0 Å². The Hall–Kier alpha value is 0.660. The summed E-state index contributed by atoms with van der Waals surface area (Å²) in [5, 5.41) is 19.4. The van der Waals surface area contributed by atoms with Crippen LogP contribution in [0.5, 0.6) is 0 Å². The number of rotatable bonds is 3. The second-order valence-corrected chi connectivity index (χ2v) is 3.34.